The molecule has 1 aliphatic heterocycles. The van der Waals surface area contributed by atoms with Crippen LogP contribution < -0.4 is 19.7 Å². The van der Waals surface area contributed by atoms with Gasteiger partial charge in [-0.05, 0) is 5.28 Å². The van der Waals surface area contributed by atoms with Gasteiger partial charge in [-0.15, -0.1) is 15.0 Å². The van der Waals surface area contributed by atoms with E-state index in [4.69, 9.17) is 23.8 Å². The minimum Gasteiger partial charge on any atom is -0.481 e. The van der Waals surface area contributed by atoms with Crippen molar-refractivity contribution in [1.29, 1.82) is 0 Å². The van der Waals surface area contributed by atoms with Crippen molar-refractivity contribution in [2.45, 2.75) is 0 Å². The van der Waals surface area contributed by atoms with Gasteiger partial charge in [0.25, 0.3) is 0 Å². The fourth-order valence-corrected chi connectivity index (χ4v) is 1.25. The van der Waals surface area contributed by atoms with E-state index in [1.54, 1.807) is 0 Å². The Morgan fingerprint density at radius 3 is 2.00 bits per heavy atom. The van der Waals surface area contributed by atoms with Crippen LogP contribution in [-0.2, 0) is 9.47 Å². The zero-order chi connectivity index (χ0) is 15.2. The van der Waals surface area contributed by atoms with Crippen LogP contribution in [0.4, 0.5) is 0 Å². The highest BCUT2D eigenvalue weighted by atomic mass is 16.8. The molecule has 1 aromatic rings. The molecular weight excluding hydrogens is 284 g/mol. The second-order valence-corrected chi connectivity index (χ2v) is 3.42. The van der Waals surface area contributed by atoms with Gasteiger partial charge in [-0.2, -0.15) is 0 Å². The van der Waals surface area contributed by atoms with Crippen LogP contribution in [0.2, 0.25) is 0 Å². The van der Waals surface area contributed by atoms with Crippen molar-refractivity contribution in [1.82, 2.24) is 25.7 Å². The molecule has 0 unspecified atom stereocenters. The molecule has 0 fully saturated rings. The maximum absolute atomic E-state index is 5.32. The average Bonchev–Trinajstić information content (AvgIpc) is 2.53. The van der Waals surface area contributed by atoms with Gasteiger partial charge in [0.15, 0.2) is 0 Å². The zero-order valence-corrected chi connectivity index (χ0v) is 11.9. The summed E-state index contributed by atoms with van der Waals surface area (Å²) >= 11 is 0. The number of methoxy groups -OCH3 is 4. The minimum atomic E-state index is -0.0947. The van der Waals surface area contributed by atoms with Gasteiger partial charge >= 0.3 is 18.0 Å². The van der Waals surface area contributed by atoms with Crippen molar-refractivity contribution < 1.29 is 23.8 Å². The highest BCUT2D eigenvalue weighted by molar-refractivity contribution is 5.88. The molecule has 2 heterocycles. The molecule has 21 heavy (non-hydrogen) atoms. The number of hydrogen-bond acceptors (Lipinski definition) is 11. The van der Waals surface area contributed by atoms with Crippen molar-refractivity contribution in [2.24, 2.45) is 5.10 Å². The molecular formula is C10H14N6O5. The monoisotopic (exact) mass is 298 g/mol. The molecule has 11 heteroatoms. The predicted molar refractivity (Wildman–Crippen MR) is 68.1 cm³/mol. The first-order chi connectivity index (χ1) is 10.2. The summed E-state index contributed by atoms with van der Waals surface area (Å²) < 4.78 is 19.9. The van der Waals surface area contributed by atoms with E-state index in [9.17, 15) is 0 Å². The third-order valence-corrected chi connectivity index (χ3v) is 2.19. The van der Waals surface area contributed by atoms with Gasteiger partial charge in [-0.3, -0.25) is 4.84 Å². The van der Waals surface area contributed by atoms with Crippen LogP contribution in [0.15, 0.2) is 17.1 Å². The number of ether oxygens (including phenoxy) is 4. The van der Waals surface area contributed by atoms with Gasteiger partial charge in [0.2, 0.25) is 11.8 Å². The smallest absolute Gasteiger partial charge is 0.356 e. The molecule has 0 saturated carbocycles. The molecule has 11 nitrogen and oxygen atoms in total. The fraction of sp³-hybridized carbons (Fsp3) is 0.400. The summed E-state index contributed by atoms with van der Waals surface area (Å²) in [5, 5.41) is 4.92. The van der Waals surface area contributed by atoms with Crippen LogP contribution in [0.3, 0.4) is 0 Å². The molecule has 0 radical (unpaired) electrons. The van der Waals surface area contributed by atoms with Gasteiger partial charge in [0.05, 0.1) is 34.5 Å². The molecule has 0 aliphatic carbocycles. The van der Waals surface area contributed by atoms with Gasteiger partial charge in [0, 0.05) is 0 Å². The molecule has 0 aromatic carbocycles. The molecule has 0 amide bonds. The zero-order valence-electron chi connectivity index (χ0n) is 11.9. The maximum Gasteiger partial charge on any atom is 0.356 e. The van der Waals surface area contributed by atoms with E-state index in [1.165, 1.54) is 34.5 Å². The first-order valence-electron chi connectivity index (χ1n) is 5.65. The van der Waals surface area contributed by atoms with E-state index in [0.29, 0.717) is 5.88 Å². The Morgan fingerprint density at radius 2 is 1.48 bits per heavy atom. The number of nitrogens with zero attached hydrogens (tertiary/aromatic N) is 5. The van der Waals surface area contributed by atoms with Gasteiger partial charge in [-0.1, -0.05) is 5.10 Å². The number of nitrogens with one attached hydrogen (secondary N) is 1. The van der Waals surface area contributed by atoms with Crippen molar-refractivity contribution in [2.75, 3.05) is 28.4 Å². The average molecular weight is 298 g/mol. The Labute approximate surface area is 120 Å². The van der Waals surface area contributed by atoms with Gasteiger partial charge in [0.1, 0.15) is 0 Å². The molecule has 1 aliphatic rings. The van der Waals surface area contributed by atoms with Crippen molar-refractivity contribution in [3.05, 3.63) is 12.0 Å². The lowest BCUT2D eigenvalue weighted by atomic mass is 10.5. The first-order valence-corrected chi connectivity index (χ1v) is 5.65. The van der Waals surface area contributed by atoms with Crippen LogP contribution >= 0.6 is 0 Å². The van der Waals surface area contributed by atoms with Crippen LogP contribution in [0.1, 0.15) is 0 Å². The highest BCUT2D eigenvalue weighted by Gasteiger charge is 2.18. The fourth-order valence-electron chi connectivity index (χ4n) is 1.25. The molecule has 0 saturated heterocycles. The number of aromatic nitrogens is 3. The SMILES string of the molecule is COC1=CC(OC)=NN(Oc2nc(OC)nc(OC)n2)N1. The van der Waals surface area contributed by atoms with Crippen molar-refractivity contribution in [3.63, 3.8) is 0 Å². The molecule has 114 valence electrons. The summed E-state index contributed by atoms with van der Waals surface area (Å²) in [6, 6.07) is -0.0256. The first kappa shape index (κ1) is 14.4. The maximum atomic E-state index is 5.32. The second kappa shape index (κ2) is 6.45. The summed E-state index contributed by atoms with van der Waals surface area (Å²) in [6.07, 6.45) is 1.54. The van der Waals surface area contributed by atoms with Crippen molar-refractivity contribution >= 4 is 5.90 Å². The molecule has 0 spiro atoms. The number of rotatable bonds is 5. The van der Waals surface area contributed by atoms with E-state index in [0.717, 1.165) is 5.28 Å². The lowest BCUT2D eigenvalue weighted by Gasteiger charge is -2.23. The molecule has 0 bridgehead atoms. The van der Waals surface area contributed by atoms with E-state index < -0.39 is 0 Å². The van der Waals surface area contributed by atoms with Gasteiger partial charge in [-0.25, -0.2) is 5.43 Å². The minimum absolute atomic E-state index is 0.0345. The number of hydrogen-bond donors (Lipinski definition) is 1. The van der Waals surface area contributed by atoms with Crippen molar-refractivity contribution in [3.8, 4) is 18.0 Å². The van der Waals surface area contributed by atoms with E-state index in [-0.39, 0.29) is 23.9 Å². The summed E-state index contributed by atoms with van der Waals surface area (Å²) in [4.78, 5) is 17.0. The van der Waals surface area contributed by atoms with Crippen LogP contribution in [0.5, 0.6) is 18.0 Å². The predicted octanol–water partition coefficient (Wildman–Crippen LogP) is -0.549. The number of hydrazine groups is 1. The standard InChI is InChI=1S/C10H14N6O5/c1-17-6-5-7(18-2)15-16(14-6)21-10-12-8(19-3)11-9(13-10)20-4/h5,14H,1-4H3. The molecule has 1 aromatic heterocycles. The molecule has 2 rings (SSSR count). The summed E-state index contributed by atoms with van der Waals surface area (Å²) in [5.41, 5.74) is 2.69. The molecule has 0 atom stereocenters. The van der Waals surface area contributed by atoms with Gasteiger partial charge < -0.3 is 18.9 Å². The normalized spacial score (nSPS) is 13.6. The molecule has 1 N–H and O–H groups in total. The van der Waals surface area contributed by atoms with E-state index >= 15 is 0 Å². The Hall–Kier alpha value is -2.98. The second-order valence-electron chi connectivity index (χ2n) is 3.42. The lowest BCUT2D eigenvalue weighted by Crippen LogP contribution is -2.40. The lowest BCUT2D eigenvalue weighted by molar-refractivity contribution is -0.119. The van der Waals surface area contributed by atoms with Crippen LogP contribution in [0.25, 0.3) is 0 Å². The number of hydrazone groups is 1. The Kier molecular flexibility index (Phi) is 4.43. The Morgan fingerprint density at radius 1 is 0.857 bits per heavy atom. The summed E-state index contributed by atoms with van der Waals surface area (Å²) in [7, 11) is 5.75. The Balaban J connectivity index is 2.18. The highest BCUT2D eigenvalue weighted by Crippen LogP contribution is 2.15. The quantitative estimate of drug-likeness (QED) is 0.759. The largest absolute Gasteiger partial charge is 0.481 e. The summed E-state index contributed by atoms with van der Waals surface area (Å²) in [5.74, 6) is 0.619. The van der Waals surface area contributed by atoms with Crippen LogP contribution in [-0.4, -0.2) is 54.6 Å². The summed E-state index contributed by atoms with van der Waals surface area (Å²) in [6.45, 7) is 0. The van der Waals surface area contributed by atoms with E-state index in [2.05, 4.69) is 25.5 Å². The van der Waals surface area contributed by atoms with Crippen LogP contribution in [0, 0.1) is 0 Å². The van der Waals surface area contributed by atoms with E-state index in [1.807, 2.05) is 0 Å². The third-order valence-electron chi connectivity index (χ3n) is 2.19. The Bertz CT molecular complexity index is 541. The third kappa shape index (κ3) is 3.52. The topological polar surface area (TPSA) is 112 Å².